The number of hydrogen-bond acceptors (Lipinski definition) is 4. The van der Waals surface area contributed by atoms with Gasteiger partial charge < -0.3 is 4.90 Å². The van der Waals surface area contributed by atoms with Crippen molar-refractivity contribution in [2.45, 2.75) is 38.5 Å². The van der Waals surface area contributed by atoms with Crippen LogP contribution in [-0.4, -0.2) is 38.2 Å². The average Bonchev–Trinajstić information content (AvgIpc) is 3.52. The molecule has 1 aromatic rings. The number of fused-ring (bicyclic) bond motifs is 1. The van der Waals surface area contributed by atoms with Gasteiger partial charge in [-0.2, -0.15) is 0 Å². The van der Waals surface area contributed by atoms with Crippen LogP contribution in [0, 0.1) is 11.8 Å². The number of likely N-dealkylation sites (tertiary alicyclic amines) is 1. The molecule has 1 atom stereocenters. The average molecular weight is 388 g/mol. The van der Waals surface area contributed by atoms with Crippen molar-refractivity contribution >= 4 is 27.9 Å². The maximum absolute atomic E-state index is 12.7. The van der Waals surface area contributed by atoms with Crippen molar-refractivity contribution in [2.75, 3.05) is 13.1 Å². The van der Waals surface area contributed by atoms with E-state index in [1.54, 1.807) is 11.0 Å². The van der Waals surface area contributed by atoms with Gasteiger partial charge >= 0.3 is 0 Å². The minimum atomic E-state index is -3.86. The van der Waals surface area contributed by atoms with E-state index in [1.807, 2.05) is 24.3 Å². The molecule has 0 aromatic heterocycles. The van der Waals surface area contributed by atoms with Crippen molar-refractivity contribution in [2.24, 2.45) is 11.8 Å². The number of allylic oxidation sites excluding steroid dienone is 1. The summed E-state index contributed by atoms with van der Waals surface area (Å²) in [6, 6.07) is 7.68. The van der Waals surface area contributed by atoms with E-state index in [0.29, 0.717) is 32.4 Å². The summed E-state index contributed by atoms with van der Waals surface area (Å²) in [7, 11) is -3.86. The molecule has 1 aromatic carbocycles. The van der Waals surface area contributed by atoms with Crippen LogP contribution >= 0.6 is 0 Å². The molecule has 1 aliphatic heterocycles. The molecule has 0 bridgehead atoms. The van der Waals surface area contributed by atoms with Crippen molar-refractivity contribution < 1.29 is 18.0 Å². The van der Waals surface area contributed by atoms with E-state index in [9.17, 15) is 18.0 Å². The first-order valence-corrected chi connectivity index (χ1v) is 11.1. The van der Waals surface area contributed by atoms with Crippen LogP contribution in [0.1, 0.15) is 43.2 Å². The third-order valence-corrected chi connectivity index (χ3v) is 7.11. The first-order valence-electron chi connectivity index (χ1n) is 9.58. The van der Waals surface area contributed by atoms with Crippen LogP contribution in [0.5, 0.6) is 0 Å². The third-order valence-electron chi connectivity index (χ3n) is 5.62. The van der Waals surface area contributed by atoms with Crippen molar-refractivity contribution in [1.29, 1.82) is 0 Å². The second-order valence-corrected chi connectivity index (χ2v) is 9.41. The van der Waals surface area contributed by atoms with Crippen LogP contribution in [0.3, 0.4) is 0 Å². The molecule has 1 unspecified atom stereocenters. The van der Waals surface area contributed by atoms with Gasteiger partial charge in [-0.3, -0.25) is 9.59 Å². The van der Waals surface area contributed by atoms with E-state index in [0.717, 1.165) is 30.4 Å². The SMILES string of the molecule is O=C(NS(=O)(=O)C1=Cc2ccccc2CC1)C1CCCN(C(=O)C2CC2)C1. The fourth-order valence-corrected chi connectivity index (χ4v) is 5.09. The number of carbonyl (C=O) groups is 2. The predicted octanol–water partition coefficient (Wildman–Crippen LogP) is 2.07. The minimum absolute atomic E-state index is 0.113. The zero-order valence-corrected chi connectivity index (χ0v) is 16.0. The number of sulfonamides is 1. The molecule has 27 heavy (non-hydrogen) atoms. The van der Waals surface area contributed by atoms with Gasteiger partial charge in [0.1, 0.15) is 0 Å². The molecule has 1 saturated heterocycles. The van der Waals surface area contributed by atoms with Gasteiger partial charge in [-0.05, 0) is 55.7 Å². The first kappa shape index (κ1) is 18.2. The molecule has 4 rings (SSSR count). The Hall–Kier alpha value is -2.15. The highest BCUT2D eigenvalue weighted by Crippen LogP contribution is 2.33. The number of rotatable bonds is 4. The topological polar surface area (TPSA) is 83.6 Å². The lowest BCUT2D eigenvalue weighted by molar-refractivity contribution is -0.136. The molecule has 2 fully saturated rings. The van der Waals surface area contributed by atoms with Gasteiger partial charge in [0, 0.05) is 19.0 Å². The van der Waals surface area contributed by atoms with Crippen LogP contribution in [-0.2, 0) is 26.0 Å². The van der Waals surface area contributed by atoms with Crippen molar-refractivity contribution in [3.8, 4) is 0 Å². The number of benzene rings is 1. The van der Waals surface area contributed by atoms with E-state index in [1.165, 1.54) is 0 Å². The van der Waals surface area contributed by atoms with Gasteiger partial charge in [0.05, 0.1) is 10.8 Å². The lowest BCUT2D eigenvalue weighted by Crippen LogP contribution is -2.47. The zero-order chi connectivity index (χ0) is 19.0. The standard InChI is InChI=1S/C20H24N2O4S/c23-19(17-6-3-11-22(13-17)20(24)15-7-8-15)21-27(25,26)18-10-9-14-4-1-2-5-16(14)12-18/h1-2,4-5,12,15,17H,3,6-11,13H2,(H,21,23). The van der Waals surface area contributed by atoms with Crippen molar-refractivity contribution in [3.05, 3.63) is 40.3 Å². The molecule has 1 heterocycles. The van der Waals surface area contributed by atoms with Crippen molar-refractivity contribution in [3.63, 3.8) is 0 Å². The third kappa shape index (κ3) is 3.93. The second-order valence-electron chi connectivity index (χ2n) is 7.68. The molecule has 0 radical (unpaired) electrons. The molecule has 1 saturated carbocycles. The fourth-order valence-electron chi connectivity index (χ4n) is 3.88. The number of amides is 2. The van der Waals surface area contributed by atoms with Gasteiger partial charge in [-0.1, -0.05) is 24.3 Å². The Morgan fingerprint density at radius 3 is 2.59 bits per heavy atom. The molecule has 144 valence electrons. The lowest BCUT2D eigenvalue weighted by atomic mass is 9.97. The highest BCUT2D eigenvalue weighted by atomic mass is 32.2. The molecule has 2 aliphatic carbocycles. The summed E-state index contributed by atoms with van der Waals surface area (Å²) in [6.07, 6.45) is 5.87. The number of nitrogens with zero attached hydrogens (tertiary/aromatic N) is 1. The van der Waals surface area contributed by atoms with Crippen LogP contribution < -0.4 is 4.72 Å². The normalized spacial score (nSPS) is 22.6. The van der Waals surface area contributed by atoms with E-state index in [4.69, 9.17) is 0 Å². The number of carbonyl (C=O) groups excluding carboxylic acids is 2. The van der Waals surface area contributed by atoms with E-state index in [2.05, 4.69) is 4.72 Å². The first-order chi connectivity index (χ1) is 12.9. The summed E-state index contributed by atoms with van der Waals surface area (Å²) in [4.78, 5) is 26.8. The Bertz CT molecular complexity index is 902. The molecular weight excluding hydrogens is 364 g/mol. The maximum atomic E-state index is 12.7. The molecular formula is C20H24N2O4S. The molecule has 3 aliphatic rings. The summed E-state index contributed by atoms with van der Waals surface area (Å²) in [5.74, 6) is -0.735. The quantitative estimate of drug-likeness (QED) is 0.856. The number of piperidine rings is 1. The predicted molar refractivity (Wildman–Crippen MR) is 102 cm³/mol. The van der Waals surface area contributed by atoms with Gasteiger partial charge in [0.25, 0.3) is 10.0 Å². The molecule has 1 N–H and O–H groups in total. The summed E-state index contributed by atoms with van der Waals surface area (Å²) < 4.78 is 27.7. The summed E-state index contributed by atoms with van der Waals surface area (Å²) in [5.41, 5.74) is 2.00. The summed E-state index contributed by atoms with van der Waals surface area (Å²) in [6.45, 7) is 0.979. The van der Waals surface area contributed by atoms with Crippen LogP contribution in [0.15, 0.2) is 29.2 Å². The van der Waals surface area contributed by atoms with E-state index < -0.39 is 21.8 Å². The smallest absolute Gasteiger partial charge is 0.260 e. The molecule has 7 heteroatoms. The largest absolute Gasteiger partial charge is 0.342 e. The highest BCUT2D eigenvalue weighted by Gasteiger charge is 2.37. The Morgan fingerprint density at radius 1 is 1.04 bits per heavy atom. The Kier molecular flexibility index (Phi) is 4.80. The monoisotopic (exact) mass is 388 g/mol. The van der Waals surface area contributed by atoms with Gasteiger partial charge in [0.2, 0.25) is 11.8 Å². The second kappa shape index (κ2) is 7.11. The fraction of sp³-hybridized carbons (Fsp3) is 0.500. The summed E-state index contributed by atoms with van der Waals surface area (Å²) >= 11 is 0. The molecule has 6 nitrogen and oxygen atoms in total. The van der Waals surface area contributed by atoms with Crippen molar-refractivity contribution in [1.82, 2.24) is 9.62 Å². The zero-order valence-electron chi connectivity index (χ0n) is 15.2. The number of nitrogens with one attached hydrogen (secondary N) is 1. The lowest BCUT2D eigenvalue weighted by Gasteiger charge is -2.32. The number of hydrogen-bond donors (Lipinski definition) is 1. The Morgan fingerprint density at radius 2 is 1.81 bits per heavy atom. The van der Waals surface area contributed by atoms with Crippen LogP contribution in [0.4, 0.5) is 0 Å². The maximum Gasteiger partial charge on any atom is 0.260 e. The Labute approximate surface area is 159 Å². The minimum Gasteiger partial charge on any atom is -0.342 e. The Balaban J connectivity index is 1.44. The summed E-state index contributed by atoms with van der Waals surface area (Å²) in [5, 5.41) is 0. The number of aryl methyl sites for hydroxylation is 1. The van der Waals surface area contributed by atoms with Gasteiger partial charge in [-0.25, -0.2) is 13.1 Å². The van der Waals surface area contributed by atoms with Gasteiger partial charge in [0.15, 0.2) is 0 Å². The van der Waals surface area contributed by atoms with Crippen LogP contribution in [0.25, 0.3) is 6.08 Å². The van der Waals surface area contributed by atoms with E-state index >= 15 is 0 Å². The molecule has 2 amide bonds. The van der Waals surface area contributed by atoms with Gasteiger partial charge in [-0.15, -0.1) is 0 Å². The highest BCUT2D eigenvalue weighted by molar-refractivity contribution is 7.94. The van der Waals surface area contributed by atoms with E-state index in [-0.39, 0.29) is 16.7 Å². The van der Waals surface area contributed by atoms with Crippen LogP contribution in [0.2, 0.25) is 0 Å². The molecule has 0 spiro atoms.